The van der Waals surface area contributed by atoms with E-state index in [4.69, 9.17) is 16.3 Å². The molecule has 0 amide bonds. The maximum atomic E-state index is 10.0. The van der Waals surface area contributed by atoms with Crippen LogP contribution < -0.4 is 0 Å². The van der Waals surface area contributed by atoms with Crippen molar-refractivity contribution < 1.29 is 9.84 Å². The van der Waals surface area contributed by atoms with E-state index in [2.05, 4.69) is 4.90 Å². The number of β-amino-alcohol motifs (C(OH)–C–C–N with tert-alkyl or cyclic N) is 1. The van der Waals surface area contributed by atoms with Crippen LogP contribution >= 0.6 is 11.6 Å². The minimum Gasteiger partial charge on any atom is -0.389 e. The minimum absolute atomic E-state index is 0.388. The first kappa shape index (κ1) is 15.8. The highest BCUT2D eigenvalue weighted by Gasteiger charge is 2.13. The molecule has 1 atom stereocenters. The van der Waals surface area contributed by atoms with Gasteiger partial charge in [0.25, 0.3) is 0 Å². The van der Waals surface area contributed by atoms with E-state index in [1.54, 1.807) is 0 Å². The normalized spacial score (nSPS) is 18.7. The number of halogens is 1. The van der Waals surface area contributed by atoms with Crippen LogP contribution in [0.1, 0.15) is 31.2 Å². The Kier molecular flexibility index (Phi) is 6.80. The average molecular weight is 298 g/mol. The Morgan fingerprint density at radius 2 is 1.75 bits per heavy atom. The van der Waals surface area contributed by atoms with Crippen molar-refractivity contribution in [1.29, 1.82) is 0 Å². The molecule has 0 spiro atoms. The summed E-state index contributed by atoms with van der Waals surface area (Å²) in [4.78, 5) is 2.35. The van der Waals surface area contributed by atoms with Gasteiger partial charge in [0.1, 0.15) is 0 Å². The Morgan fingerprint density at radius 3 is 2.40 bits per heavy atom. The van der Waals surface area contributed by atoms with Crippen molar-refractivity contribution >= 4 is 11.6 Å². The predicted octanol–water partition coefficient (Wildman–Crippen LogP) is 3.09. The van der Waals surface area contributed by atoms with Gasteiger partial charge < -0.3 is 14.7 Å². The molecule has 0 bridgehead atoms. The molecule has 1 saturated heterocycles. The molecule has 0 aliphatic carbocycles. The number of likely N-dealkylation sites (tertiary alicyclic amines) is 1. The monoisotopic (exact) mass is 297 g/mol. The second-order valence-corrected chi connectivity index (χ2v) is 5.95. The summed E-state index contributed by atoms with van der Waals surface area (Å²) in [7, 11) is 0. The molecular formula is C16H24ClNO2. The van der Waals surface area contributed by atoms with Gasteiger partial charge in [-0.25, -0.2) is 0 Å². The van der Waals surface area contributed by atoms with Gasteiger partial charge in [-0.1, -0.05) is 36.6 Å². The quantitative estimate of drug-likeness (QED) is 0.876. The van der Waals surface area contributed by atoms with Gasteiger partial charge in [-0.3, -0.25) is 0 Å². The third-order valence-corrected chi connectivity index (χ3v) is 3.91. The molecule has 1 fully saturated rings. The van der Waals surface area contributed by atoms with Crippen LogP contribution in [0, 0.1) is 0 Å². The molecule has 1 heterocycles. The van der Waals surface area contributed by atoms with Crippen LogP contribution in [-0.2, 0) is 11.3 Å². The van der Waals surface area contributed by atoms with Crippen LogP contribution in [0.4, 0.5) is 0 Å². The van der Waals surface area contributed by atoms with Crippen LogP contribution in [0.3, 0.4) is 0 Å². The lowest BCUT2D eigenvalue weighted by Crippen LogP contribution is -2.35. The van der Waals surface area contributed by atoms with Crippen molar-refractivity contribution in [2.45, 2.75) is 38.4 Å². The Hall–Kier alpha value is -0.610. The molecule has 1 N–H and O–H groups in total. The summed E-state index contributed by atoms with van der Waals surface area (Å²) in [5, 5.41) is 10.8. The number of rotatable bonds is 6. The Bertz CT molecular complexity index is 375. The van der Waals surface area contributed by atoms with Crippen LogP contribution in [0.2, 0.25) is 5.02 Å². The van der Waals surface area contributed by atoms with Gasteiger partial charge in [-0.2, -0.15) is 0 Å². The molecule has 1 aromatic rings. The first-order valence-corrected chi connectivity index (χ1v) is 7.84. The SMILES string of the molecule is O[C@H](COCc1ccc(Cl)cc1)CN1CCCCCC1. The highest BCUT2D eigenvalue weighted by atomic mass is 35.5. The second kappa shape index (κ2) is 8.63. The standard InChI is InChI=1S/C16H24ClNO2/c17-15-7-5-14(6-8-15)12-20-13-16(19)11-18-9-3-1-2-4-10-18/h5-8,16,19H,1-4,9-13H2/t16-/m0/s1. The molecule has 2 rings (SSSR count). The maximum absolute atomic E-state index is 10.0. The lowest BCUT2D eigenvalue weighted by molar-refractivity contribution is 0.0104. The van der Waals surface area contributed by atoms with Gasteiger partial charge in [0.2, 0.25) is 0 Å². The van der Waals surface area contributed by atoms with Crippen LogP contribution in [-0.4, -0.2) is 42.4 Å². The van der Waals surface area contributed by atoms with Gasteiger partial charge in [-0.15, -0.1) is 0 Å². The van der Waals surface area contributed by atoms with E-state index in [-0.39, 0.29) is 0 Å². The number of nitrogens with zero attached hydrogens (tertiary/aromatic N) is 1. The molecule has 0 unspecified atom stereocenters. The summed E-state index contributed by atoms with van der Waals surface area (Å²) in [6.07, 6.45) is 4.73. The van der Waals surface area contributed by atoms with Crippen molar-refractivity contribution in [3.05, 3.63) is 34.9 Å². The number of ether oxygens (including phenoxy) is 1. The largest absolute Gasteiger partial charge is 0.389 e. The second-order valence-electron chi connectivity index (χ2n) is 5.51. The zero-order valence-corrected chi connectivity index (χ0v) is 12.7. The molecule has 3 nitrogen and oxygen atoms in total. The summed E-state index contributed by atoms with van der Waals surface area (Å²) in [6.45, 7) is 3.84. The number of aliphatic hydroxyl groups is 1. The Balaban J connectivity index is 1.64. The Morgan fingerprint density at radius 1 is 1.10 bits per heavy atom. The number of hydrogen-bond donors (Lipinski definition) is 1. The molecule has 20 heavy (non-hydrogen) atoms. The van der Waals surface area contributed by atoms with Crippen molar-refractivity contribution in [1.82, 2.24) is 4.90 Å². The van der Waals surface area contributed by atoms with Crippen molar-refractivity contribution in [3.8, 4) is 0 Å². The summed E-state index contributed by atoms with van der Waals surface area (Å²) >= 11 is 5.83. The smallest absolute Gasteiger partial charge is 0.0900 e. The molecule has 0 aromatic heterocycles. The highest BCUT2D eigenvalue weighted by molar-refractivity contribution is 6.30. The van der Waals surface area contributed by atoms with Gasteiger partial charge in [-0.05, 0) is 43.6 Å². The van der Waals surface area contributed by atoms with E-state index in [0.717, 1.165) is 30.2 Å². The van der Waals surface area contributed by atoms with E-state index in [0.29, 0.717) is 13.2 Å². The fourth-order valence-corrected chi connectivity index (χ4v) is 2.69. The highest BCUT2D eigenvalue weighted by Crippen LogP contribution is 2.11. The first-order valence-electron chi connectivity index (χ1n) is 7.46. The van der Waals surface area contributed by atoms with Gasteiger partial charge in [0, 0.05) is 11.6 Å². The Labute approximate surface area is 126 Å². The van der Waals surface area contributed by atoms with E-state index >= 15 is 0 Å². The van der Waals surface area contributed by atoms with E-state index < -0.39 is 6.10 Å². The molecule has 1 aromatic carbocycles. The molecule has 112 valence electrons. The van der Waals surface area contributed by atoms with Crippen LogP contribution in [0.25, 0.3) is 0 Å². The molecule has 4 heteroatoms. The third kappa shape index (κ3) is 5.80. The summed E-state index contributed by atoms with van der Waals surface area (Å²) in [5.74, 6) is 0. The zero-order valence-electron chi connectivity index (χ0n) is 11.9. The van der Waals surface area contributed by atoms with Gasteiger partial charge in [0.15, 0.2) is 0 Å². The summed E-state index contributed by atoms with van der Waals surface area (Å²) < 4.78 is 5.57. The van der Waals surface area contributed by atoms with Crippen molar-refractivity contribution in [2.75, 3.05) is 26.2 Å². The van der Waals surface area contributed by atoms with Gasteiger partial charge >= 0.3 is 0 Å². The zero-order chi connectivity index (χ0) is 14.2. The van der Waals surface area contributed by atoms with Gasteiger partial charge in [0.05, 0.1) is 19.3 Å². The van der Waals surface area contributed by atoms with Crippen molar-refractivity contribution in [3.63, 3.8) is 0 Å². The predicted molar refractivity (Wildman–Crippen MR) is 82.0 cm³/mol. The van der Waals surface area contributed by atoms with E-state index in [9.17, 15) is 5.11 Å². The summed E-state index contributed by atoms with van der Waals surface area (Å²) in [5.41, 5.74) is 1.08. The molecule has 1 aliphatic heterocycles. The maximum Gasteiger partial charge on any atom is 0.0900 e. The minimum atomic E-state index is -0.402. The number of aliphatic hydroxyl groups excluding tert-OH is 1. The van der Waals surface area contributed by atoms with E-state index in [1.165, 1.54) is 25.7 Å². The van der Waals surface area contributed by atoms with Crippen molar-refractivity contribution in [2.24, 2.45) is 0 Å². The molecular weight excluding hydrogens is 274 g/mol. The average Bonchev–Trinajstić information content (AvgIpc) is 2.70. The third-order valence-electron chi connectivity index (χ3n) is 3.66. The topological polar surface area (TPSA) is 32.7 Å². The molecule has 0 saturated carbocycles. The number of benzene rings is 1. The summed E-state index contributed by atoms with van der Waals surface area (Å²) in [6, 6.07) is 7.61. The lowest BCUT2D eigenvalue weighted by atomic mass is 10.2. The van der Waals surface area contributed by atoms with Crippen LogP contribution in [0.15, 0.2) is 24.3 Å². The molecule has 1 aliphatic rings. The molecule has 0 radical (unpaired) electrons. The fourth-order valence-electron chi connectivity index (χ4n) is 2.56. The van der Waals surface area contributed by atoms with Crippen LogP contribution in [0.5, 0.6) is 0 Å². The lowest BCUT2D eigenvalue weighted by Gasteiger charge is -2.23. The fraction of sp³-hybridized carbons (Fsp3) is 0.625. The first-order chi connectivity index (χ1) is 9.74. The van der Waals surface area contributed by atoms with E-state index in [1.807, 2.05) is 24.3 Å². The number of hydrogen-bond acceptors (Lipinski definition) is 3.